The molecule has 5 heteroatoms. The van der Waals surface area contributed by atoms with Crippen molar-refractivity contribution in [2.24, 2.45) is 5.92 Å². The van der Waals surface area contributed by atoms with Crippen molar-refractivity contribution in [1.82, 2.24) is 0 Å². The van der Waals surface area contributed by atoms with Gasteiger partial charge in [0, 0.05) is 5.56 Å². The molecule has 0 atom stereocenters. The van der Waals surface area contributed by atoms with Gasteiger partial charge in [-0.15, -0.1) is 6.58 Å². The Kier molecular flexibility index (Phi) is 10.7. The molecular weight excluding hydrogens is 449 g/mol. The van der Waals surface area contributed by atoms with Gasteiger partial charge in [0.15, 0.2) is 17.5 Å². The van der Waals surface area contributed by atoms with Crippen molar-refractivity contribution in [2.45, 2.75) is 38.5 Å². The van der Waals surface area contributed by atoms with Gasteiger partial charge in [0.1, 0.15) is 11.5 Å². The molecule has 186 valence electrons. The summed E-state index contributed by atoms with van der Waals surface area (Å²) in [6.07, 6.45) is 9.89. The van der Waals surface area contributed by atoms with Crippen molar-refractivity contribution in [3.8, 4) is 16.9 Å². The van der Waals surface area contributed by atoms with E-state index in [1.165, 1.54) is 25.3 Å². The summed E-state index contributed by atoms with van der Waals surface area (Å²) in [7, 11) is 1.35. The molecule has 0 aromatic heterocycles. The lowest BCUT2D eigenvalue weighted by molar-refractivity contribution is 0.285. The van der Waals surface area contributed by atoms with Crippen molar-refractivity contribution in [3.63, 3.8) is 0 Å². The lowest BCUT2D eigenvalue weighted by Crippen LogP contribution is -2.13. The molecule has 2 aromatic carbocycles. The Labute approximate surface area is 206 Å². The quantitative estimate of drug-likeness (QED) is 0.242. The van der Waals surface area contributed by atoms with Crippen molar-refractivity contribution < 1.29 is 23.0 Å². The number of hydrogen-bond donors (Lipinski definition) is 1. The fraction of sp³-hybridized carbons (Fsp3) is 0.267. The van der Waals surface area contributed by atoms with Crippen LogP contribution in [-0.2, 0) is 4.74 Å². The van der Waals surface area contributed by atoms with E-state index in [0.717, 1.165) is 25.7 Å². The molecule has 3 rings (SSSR count). The van der Waals surface area contributed by atoms with Crippen LogP contribution in [0.2, 0.25) is 0 Å². The first kappa shape index (κ1) is 27.8. The fourth-order valence-electron chi connectivity index (χ4n) is 4.01. The van der Waals surface area contributed by atoms with Crippen LogP contribution in [0.15, 0.2) is 97.6 Å². The van der Waals surface area contributed by atoms with E-state index in [-0.39, 0.29) is 28.9 Å². The summed E-state index contributed by atoms with van der Waals surface area (Å²) >= 11 is 0. The first-order valence-corrected chi connectivity index (χ1v) is 11.5. The van der Waals surface area contributed by atoms with Crippen LogP contribution in [0.4, 0.5) is 13.2 Å². The largest absolute Gasteiger partial charge is 0.508 e. The van der Waals surface area contributed by atoms with E-state index in [4.69, 9.17) is 4.74 Å². The predicted octanol–water partition coefficient (Wildman–Crippen LogP) is 8.93. The number of ether oxygens (including phenoxy) is 1. The van der Waals surface area contributed by atoms with Crippen LogP contribution >= 0.6 is 0 Å². The molecule has 1 aliphatic rings. The average molecular weight is 483 g/mol. The summed E-state index contributed by atoms with van der Waals surface area (Å²) in [6.45, 7) is 12.5. The van der Waals surface area contributed by atoms with E-state index in [1.807, 2.05) is 13.0 Å². The number of halogens is 3. The van der Waals surface area contributed by atoms with Crippen LogP contribution in [0.1, 0.15) is 44.1 Å². The highest BCUT2D eigenvalue weighted by molar-refractivity contribution is 5.65. The molecule has 2 nitrogen and oxygen atoms in total. The highest BCUT2D eigenvalue weighted by Crippen LogP contribution is 2.39. The minimum atomic E-state index is -0.863. The van der Waals surface area contributed by atoms with E-state index >= 15 is 0 Å². The maximum Gasteiger partial charge on any atom is 0.166 e. The van der Waals surface area contributed by atoms with Gasteiger partial charge in [0.25, 0.3) is 0 Å². The minimum Gasteiger partial charge on any atom is -0.508 e. The molecule has 1 fully saturated rings. The monoisotopic (exact) mass is 482 g/mol. The highest BCUT2D eigenvalue weighted by atomic mass is 19.2. The zero-order valence-corrected chi connectivity index (χ0v) is 20.4. The van der Waals surface area contributed by atoms with Crippen LogP contribution in [0.3, 0.4) is 0 Å². The minimum absolute atomic E-state index is 0.0476. The van der Waals surface area contributed by atoms with Gasteiger partial charge in [-0.2, -0.15) is 0 Å². The number of hydrogen-bond acceptors (Lipinski definition) is 2. The van der Waals surface area contributed by atoms with Crippen LogP contribution in [0.25, 0.3) is 11.1 Å². The Morgan fingerprint density at radius 3 is 2.17 bits per heavy atom. The Morgan fingerprint density at radius 1 is 1.00 bits per heavy atom. The number of benzene rings is 2. The third kappa shape index (κ3) is 7.78. The topological polar surface area (TPSA) is 29.5 Å². The Morgan fingerprint density at radius 2 is 1.60 bits per heavy atom. The molecule has 0 unspecified atom stereocenters. The van der Waals surface area contributed by atoms with Gasteiger partial charge in [-0.1, -0.05) is 55.7 Å². The van der Waals surface area contributed by atoms with Crippen LogP contribution in [0.5, 0.6) is 5.75 Å². The summed E-state index contributed by atoms with van der Waals surface area (Å²) in [6, 6.07) is 9.28. The third-order valence-electron chi connectivity index (χ3n) is 5.91. The molecule has 35 heavy (non-hydrogen) atoms. The van der Waals surface area contributed by atoms with Gasteiger partial charge >= 0.3 is 0 Å². The molecule has 0 saturated heterocycles. The summed E-state index contributed by atoms with van der Waals surface area (Å²) in [5, 5.41) is 9.40. The lowest BCUT2D eigenvalue weighted by Gasteiger charge is -2.27. The van der Waals surface area contributed by atoms with Crippen molar-refractivity contribution in [1.29, 1.82) is 0 Å². The number of allylic oxidation sites excluding steroid dienone is 6. The summed E-state index contributed by atoms with van der Waals surface area (Å²) in [5.41, 5.74) is 1.60. The molecule has 0 heterocycles. The molecule has 0 amide bonds. The molecule has 0 aliphatic heterocycles. The van der Waals surface area contributed by atoms with E-state index in [0.29, 0.717) is 16.7 Å². The lowest BCUT2D eigenvalue weighted by atomic mass is 9.78. The van der Waals surface area contributed by atoms with Gasteiger partial charge in [0.2, 0.25) is 0 Å². The molecule has 0 radical (unpaired) electrons. The highest BCUT2D eigenvalue weighted by Gasteiger charge is 2.25. The smallest absolute Gasteiger partial charge is 0.166 e. The summed E-state index contributed by atoms with van der Waals surface area (Å²) in [5.74, 6) is -1.99. The molecular formula is C30H33F3O2. The zero-order valence-electron chi connectivity index (χ0n) is 20.4. The fourth-order valence-corrected chi connectivity index (χ4v) is 4.01. The van der Waals surface area contributed by atoms with Crippen molar-refractivity contribution >= 4 is 0 Å². The second-order valence-corrected chi connectivity index (χ2v) is 8.45. The van der Waals surface area contributed by atoms with Gasteiger partial charge in [0.05, 0.1) is 7.11 Å². The number of phenols is 1. The Bertz CT molecular complexity index is 1090. The van der Waals surface area contributed by atoms with Gasteiger partial charge in [-0.3, -0.25) is 0 Å². The predicted molar refractivity (Wildman–Crippen MR) is 138 cm³/mol. The third-order valence-corrected chi connectivity index (χ3v) is 5.91. The van der Waals surface area contributed by atoms with Crippen LogP contribution in [-0.4, -0.2) is 12.2 Å². The summed E-state index contributed by atoms with van der Waals surface area (Å²) in [4.78, 5) is 0. The number of aromatic hydroxyl groups is 1. The number of methoxy groups -OCH3 is 1. The first-order chi connectivity index (χ1) is 16.7. The average Bonchev–Trinajstić information content (AvgIpc) is 2.85. The second kappa shape index (κ2) is 13.4. The normalized spacial score (nSPS) is 17.9. The molecule has 1 N–H and O–H groups in total. The molecule has 0 bridgehead atoms. The van der Waals surface area contributed by atoms with Crippen molar-refractivity contribution in [2.75, 3.05) is 7.11 Å². The van der Waals surface area contributed by atoms with E-state index in [2.05, 4.69) is 19.7 Å². The zero-order chi connectivity index (χ0) is 26.0. The van der Waals surface area contributed by atoms with Gasteiger partial charge in [-0.25, -0.2) is 13.2 Å². The molecule has 2 aromatic rings. The molecule has 0 spiro atoms. The van der Waals surface area contributed by atoms with Crippen LogP contribution in [0, 0.1) is 17.6 Å². The maximum atomic E-state index is 14.9. The first-order valence-electron chi connectivity index (χ1n) is 11.5. The second-order valence-electron chi connectivity index (χ2n) is 8.45. The van der Waals surface area contributed by atoms with Crippen molar-refractivity contribution in [3.05, 3.63) is 115 Å². The van der Waals surface area contributed by atoms with E-state index in [9.17, 15) is 18.3 Å². The standard InChI is InChI=1S/C27H27F3O2.C3H6/c1-17(16-25(28)18(2)32-3)4-5-19-6-8-20(9-7-19)23-14-15-24(27(30)26(23)29)21-10-12-22(31)13-11-21;1-3-2/h4-5,10-16,19-20,31H,1-2,6-9H2,3H3;3H,1H2,2H3/b5-4+,25-16+;. The summed E-state index contributed by atoms with van der Waals surface area (Å²) < 4.78 is 48.1. The van der Waals surface area contributed by atoms with Crippen LogP contribution < -0.4 is 0 Å². The number of phenolic OH excluding ortho intramolecular Hbond substituents is 1. The van der Waals surface area contributed by atoms with E-state index in [1.54, 1.807) is 36.4 Å². The van der Waals surface area contributed by atoms with Gasteiger partial charge in [-0.05, 0) is 79.4 Å². The SMILES string of the molecule is C=C(/C=C/C1CCC(c2ccc(-c3ccc(O)cc3)c(F)c2F)CC1)/C=C(/F)C(=C)OC.C=CC. The number of rotatable bonds is 7. The van der Waals surface area contributed by atoms with E-state index < -0.39 is 17.5 Å². The maximum absolute atomic E-state index is 14.9. The molecule has 1 aliphatic carbocycles. The van der Waals surface area contributed by atoms with Gasteiger partial charge < -0.3 is 9.84 Å². The molecule has 1 saturated carbocycles. The Balaban J connectivity index is 0.00000137. The Hall–Kier alpha value is -3.47.